The highest BCUT2D eigenvalue weighted by atomic mass is 15.1. The fourth-order valence-electron chi connectivity index (χ4n) is 8.02. The van der Waals surface area contributed by atoms with E-state index in [1.807, 2.05) is 0 Å². The molecule has 0 amide bonds. The molecule has 0 aliphatic rings. The Morgan fingerprint density at radius 2 is 0.704 bits per heavy atom. The number of rotatable bonds is 7. The van der Waals surface area contributed by atoms with Gasteiger partial charge in [-0.3, -0.25) is 0 Å². The van der Waals surface area contributed by atoms with E-state index in [-0.39, 0.29) is 0 Å². The molecule has 0 N–H and O–H groups in total. The van der Waals surface area contributed by atoms with Crippen LogP contribution in [0.3, 0.4) is 0 Å². The Labute approximate surface area is 315 Å². The number of aromatic nitrogens is 1. The molecule has 0 unspecified atom stereocenters. The average molecular weight is 689 g/mol. The van der Waals surface area contributed by atoms with Gasteiger partial charge in [-0.1, -0.05) is 170 Å². The lowest BCUT2D eigenvalue weighted by Gasteiger charge is -2.26. The van der Waals surface area contributed by atoms with Gasteiger partial charge in [-0.05, 0) is 87.3 Å². The molecule has 10 aromatic rings. The minimum atomic E-state index is 1.09. The molecule has 0 saturated heterocycles. The summed E-state index contributed by atoms with van der Waals surface area (Å²) in [6, 6.07) is 78.8. The van der Waals surface area contributed by atoms with E-state index in [1.165, 1.54) is 71.8 Å². The van der Waals surface area contributed by atoms with E-state index in [0.29, 0.717) is 0 Å². The van der Waals surface area contributed by atoms with Crippen molar-refractivity contribution in [3.63, 3.8) is 0 Å². The molecule has 2 nitrogen and oxygen atoms in total. The summed E-state index contributed by atoms with van der Waals surface area (Å²) < 4.78 is 2.47. The summed E-state index contributed by atoms with van der Waals surface area (Å²) in [5.74, 6) is 0. The average Bonchev–Trinajstić information content (AvgIpc) is 3.58. The van der Waals surface area contributed by atoms with E-state index in [1.54, 1.807) is 0 Å². The maximum Gasteiger partial charge on any atom is 0.0612 e. The van der Waals surface area contributed by atoms with E-state index in [2.05, 4.69) is 228 Å². The smallest absolute Gasteiger partial charge is 0.0612 e. The number of hydrogen-bond donors (Lipinski definition) is 0. The Balaban J connectivity index is 1.13. The van der Waals surface area contributed by atoms with E-state index < -0.39 is 0 Å². The van der Waals surface area contributed by atoms with Gasteiger partial charge in [-0.25, -0.2) is 0 Å². The van der Waals surface area contributed by atoms with Gasteiger partial charge in [0.2, 0.25) is 0 Å². The number of anilines is 3. The molecule has 0 atom stereocenters. The number of benzene rings is 8. The number of pyridine rings is 1. The Hall–Kier alpha value is -7.16. The normalized spacial score (nSPS) is 11.3. The zero-order valence-corrected chi connectivity index (χ0v) is 29.7. The summed E-state index contributed by atoms with van der Waals surface area (Å²) >= 11 is 0. The Morgan fingerprint density at radius 3 is 1.24 bits per heavy atom. The van der Waals surface area contributed by atoms with Gasteiger partial charge in [0.1, 0.15) is 0 Å². The van der Waals surface area contributed by atoms with Crippen molar-refractivity contribution >= 4 is 44.3 Å². The van der Waals surface area contributed by atoms with E-state index >= 15 is 0 Å². The highest BCUT2D eigenvalue weighted by Crippen LogP contribution is 2.43. The van der Waals surface area contributed by atoms with Gasteiger partial charge in [-0.2, -0.15) is 0 Å². The van der Waals surface area contributed by atoms with Crippen LogP contribution in [-0.2, 0) is 0 Å². The number of fused-ring (bicyclic) bond motifs is 4. The van der Waals surface area contributed by atoms with Crippen LogP contribution < -0.4 is 4.90 Å². The Morgan fingerprint density at radius 1 is 0.296 bits per heavy atom. The first-order chi connectivity index (χ1) is 26.8. The van der Waals surface area contributed by atoms with Crippen LogP contribution in [0.15, 0.2) is 218 Å². The predicted molar refractivity (Wildman–Crippen MR) is 229 cm³/mol. The third-order valence-electron chi connectivity index (χ3n) is 10.6. The van der Waals surface area contributed by atoms with Crippen LogP contribution in [0.1, 0.15) is 0 Å². The molecule has 0 aliphatic carbocycles. The summed E-state index contributed by atoms with van der Waals surface area (Å²) in [5, 5.41) is 3.70. The molecule has 54 heavy (non-hydrogen) atoms. The molecular formula is C52H36N2. The van der Waals surface area contributed by atoms with Crippen LogP contribution in [0.4, 0.5) is 17.1 Å². The molecule has 2 heterocycles. The molecular weight excluding hydrogens is 653 g/mol. The highest BCUT2D eigenvalue weighted by molar-refractivity contribution is 6.11. The molecule has 10 rings (SSSR count). The van der Waals surface area contributed by atoms with Gasteiger partial charge >= 0.3 is 0 Å². The van der Waals surface area contributed by atoms with Crippen LogP contribution in [-0.4, -0.2) is 4.40 Å². The maximum absolute atomic E-state index is 2.47. The summed E-state index contributed by atoms with van der Waals surface area (Å²) in [6.07, 6.45) is 0. The summed E-state index contributed by atoms with van der Waals surface area (Å²) in [4.78, 5) is 2.35. The molecule has 254 valence electrons. The topological polar surface area (TPSA) is 7.65 Å². The van der Waals surface area contributed by atoms with Gasteiger partial charge in [0.25, 0.3) is 0 Å². The first-order valence-electron chi connectivity index (χ1n) is 18.5. The van der Waals surface area contributed by atoms with E-state index in [9.17, 15) is 0 Å². The zero-order chi connectivity index (χ0) is 35.8. The maximum atomic E-state index is 2.47. The lowest BCUT2D eigenvalue weighted by atomic mass is 10.00. The van der Waals surface area contributed by atoms with Crippen LogP contribution >= 0.6 is 0 Å². The van der Waals surface area contributed by atoms with Gasteiger partial charge in [0.15, 0.2) is 0 Å². The third kappa shape index (κ3) is 5.53. The summed E-state index contributed by atoms with van der Waals surface area (Å²) in [5.41, 5.74) is 15.4. The van der Waals surface area contributed by atoms with Gasteiger partial charge < -0.3 is 9.30 Å². The standard InChI is InChI=1S/C52H36N2/c1-4-14-37(15-5-1)39-24-30-44(31-25-39)53(45-32-26-40(27-33-45)38-16-6-2-7-17-38)46-34-28-42(29-35-46)52-47-21-11-10-20-43(47)36-50-51(41-18-8-3-9-19-41)48-22-12-13-23-49(48)54(50)52/h1-36H. The first-order valence-corrected chi connectivity index (χ1v) is 18.5. The number of nitrogens with zero attached hydrogens (tertiary/aromatic N) is 2. The molecule has 8 aromatic carbocycles. The Bertz CT molecular complexity index is 2790. The van der Waals surface area contributed by atoms with Crippen molar-refractivity contribution in [1.29, 1.82) is 0 Å². The SMILES string of the molecule is c1ccc(-c2ccc(N(c3ccc(-c4ccccc4)cc3)c3ccc(-c4c5ccccc5cc5c(-c6ccccc6)c6ccccc6n45)cc3)cc2)cc1. The second-order valence-electron chi connectivity index (χ2n) is 13.8. The zero-order valence-electron chi connectivity index (χ0n) is 29.7. The van der Waals surface area contributed by atoms with Crippen molar-refractivity contribution in [1.82, 2.24) is 4.40 Å². The lowest BCUT2D eigenvalue weighted by molar-refractivity contribution is 1.26. The van der Waals surface area contributed by atoms with E-state index in [0.717, 1.165) is 17.1 Å². The van der Waals surface area contributed by atoms with Crippen molar-refractivity contribution < 1.29 is 0 Å². The highest BCUT2D eigenvalue weighted by Gasteiger charge is 2.20. The van der Waals surface area contributed by atoms with Crippen LogP contribution in [0.2, 0.25) is 0 Å². The van der Waals surface area contributed by atoms with Crippen molar-refractivity contribution in [3.8, 4) is 44.6 Å². The molecule has 2 aromatic heterocycles. The molecule has 2 heteroatoms. The summed E-state index contributed by atoms with van der Waals surface area (Å²) in [7, 11) is 0. The lowest BCUT2D eigenvalue weighted by Crippen LogP contribution is -2.10. The van der Waals surface area contributed by atoms with Crippen LogP contribution in [0.25, 0.3) is 71.8 Å². The Kier molecular flexibility index (Phi) is 7.85. The fraction of sp³-hybridized carbons (Fsp3) is 0. The molecule has 0 fully saturated rings. The van der Waals surface area contributed by atoms with E-state index in [4.69, 9.17) is 0 Å². The minimum Gasteiger partial charge on any atom is -0.311 e. The van der Waals surface area contributed by atoms with Gasteiger partial charge in [0.05, 0.1) is 16.7 Å². The minimum absolute atomic E-state index is 1.09. The van der Waals surface area contributed by atoms with Crippen LogP contribution in [0.5, 0.6) is 0 Å². The predicted octanol–water partition coefficient (Wildman–Crippen LogP) is 14.4. The quantitative estimate of drug-likeness (QED) is 0.162. The van der Waals surface area contributed by atoms with Gasteiger partial charge in [-0.15, -0.1) is 0 Å². The van der Waals surface area contributed by atoms with Crippen molar-refractivity contribution in [3.05, 3.63) is 218 Å². The first kappa shape index (κ1) is 31.6. The molecule has 0 radical (unpaired) electrons. The second kappa shape index (κ2) is 13.4. The largest absolute Gasteiger partial charge is 0.311 e. The molecule has 0 spiro atoms. The third-order valence-corrected chi connectivity index (χ3v) is 10.6. The molecule has 0 saturated carbocycles. The molecule has 0 aliphatic heterocycles. The van der Waals surface area contributed by atoms with Crippen LogP contribution in [0, 0.1) is 0 Å². The van der Waals surface area contributed by atoms with Crippen molar-refractivity contribution in [2.75, 3.05) is 4.90 Å². The van der Waals surface area contributed by atoms with Gasteiger partial charge in [0, 0.05) is 33.4 Å². The second-order valence-corrected chi connectivity index (χ2v) is 13.8. The molecule has 0 bridgehead atoms. The number of hydrogen-bond acceptors (Lipinski definition) is 1. The monoisotopic (exact) mass is 688 g/mol. The van der Waals surface area contributed by atoms with Crippen molar-refractivity contribution in [2.24, 2.45) is 0 Å². The summed E-state index contributed by atoms with van der Waals surface area (Å²) in [6.45, 7) is 0. The fourth-order valence-corrected chi connectivity index (χ4v) is 8.02. The number of para-hydroxylation sites is 1. The van der Waals surface area contributed by atoms with Crippen molar-refractivity contribution in [2.45, 2.75) is 0 Å².